The van der Waals surface area contributed by atoms with Crippen LogP contribution in [0.4, 0.5) is 0 Å². The average molecular weight is 285 g/mol. The molecule has 0 unspecified atom stereocenters. The quantitative estimate of drug-likeness (QED) is 0.578. The first-order valence-electron chi connectivity index (χ1n) is 5.67. The van der Waals surface area contributed by atoms with Crippen molar-refractivity contribution in [3.8, 4) is 0 Å². The highest BCUT2D eigenvalue weighted by atomic mass is 79.9. The molecule has 0 saturated heterocycles. The molecule has 1 aromatic carbocycles. The molecule has 2 nitrogen and oxygen atoms in total. The summed E-state index contributed by atoms with van der Waals surface area (Å²) < 4.78 is 5.97. The van der Waals surface area contributed by atoms with Crippen LogP contribution in [0.3, 0.4) is 0 Å². The molecule has 0 aliphatic heterocycles. The van der Waals surface area contributed by atoms with E-state index in [4.69, 9.17) is 4.74 Å². The lowest BCUT2D eigenvalue weighted by atomic mass is 10.2. The molecular formula is C13H17BrO2. The Morgan fingerprint density at radius 2 is 2.00 bits per heavy atom. The number of unbranched alkanes of at least 4 members (excludes halogenated alkanes) is 3. The minimum atomic E-state index is -0.246. The molecule has 0 N–H and O–H groups in total. The monoisotopic (exact) mass is 284 g/mol. The molecule has 3 heteroatoms. The third kappa shape index (κ3) is 4.35. The van der Waals surface area contributed by atoms with Gasteiger partial charge in [0, 0.05) is 4.47 Å². The van der Waals surface area contributed by atoms with Gasteiger partial charge in [-0.15, -0.1) is 0 Å². The fourth-order valence-electron chi connectivity index (χ4n) is 1.40. The number of rotatable bonds is 6. The second kappa shape index (κ2) is 7.44. The van der Waals surface area contributed by atoms with E-state index in [-0.39, 0.29) is 5.97 Å². The van der Waals surface area contributed by atoms with Crippen molar-refractivity contribution in [2.45, 2.75) is 32.6 Å². The summed E-state index contributed by atoms with van der Waals surface area (Å²) in [5, 5.41) is 0. The van der Waals surface area contributed by atoms with Crippen LogP contribution in [-0.2, 0) is 4.74 Å². The third-order valence-electron chi connectivity index (χ3n) is 2.32. The van der Waals surface area contributed by atoms with Crippen LogP contribution < -0.4 is 0 Å². The van der Waals surface area contributed by atoms with Crippen molar-refractivity contribution >= 4 is 21.9 Å². The fourth-order valence-corrected chi connectivity index (χ4v) is 1.84. The summed E-state index contributed by atoms with van der Waals surface area (Å²) in [6.07, 6.45) is 4.47. The van der Waals surface area contributed by atoms with Crippen LogP contribution in [0.25, 0.3) is 0 Å². The molecule has 1 aromatic rings. The zero-order chi connectivity index (χ0) is 11.8. The molecule has 0 bridgehead atoms. The Morgan fingerprint density at radius 3 is 2.69 bits per heavy atom. The summed E-state index contributed by atoms with van der Waals surface area (Å²) >= 11 is 3.33. The Bertz CT molecular complexity index is 336. The summed E-state index contributed by atoms with van der Waals surface area (Å²) in [5.41, 5.74) is 0.595. The van der Waals surface area contributed by atoms with Crippen molar-refractivity contribution in [1.29, 1.82) is 0 Å². The highest BCUT2D eigenvalue weighted by Crippen LogP contribution is 2.16. The Morgan fingerprint density at radius 1 is 1.25 bits per heavy atom. The molecule has 0 saturated carbocycles. The van der Waals surface area contributed by atoms with E-state index in [1.165, 1.54) is 12.8 Å². The van der Waals surface area contributed by atoms with Crippen molar-refractivity contribution in [2.24, 2.45) is 0 Å². The van der Waals surface area contributed by atoms with Crippen molar-refractivity contribution in [3.63, 3.8) is 0 Å². The first kappa shape index (κ1) is 13.2. The molecule has 1 rings (SSSR count). The first-order valence-corrected chi connectivity index (χ1v) is 6.46. The second-order valence-electron chi connectivity index (χ2n) is 3.68. The van der Waals surface area contributed by atoms with Gasteiger partial charge >= 0.3 is 5.97 Å². The van der Waals surface area contributed by atoms with E-state index in [9.17, 15) is 4.79 Å². The number of carbonyl (C=O) groups excluding carboxylic acids is 1. The highest BCUT2D eigenvalue weighted by Gasteiger charge is 2.09. The molecule has 0 radical (unpaired) electrons. The molecule has 0 spiro atoms. The third-order valence-corrected chi connectivity index (χ3v) is 3.02. The van der Waals surface area contributed by atoms with Crippen LogP contribution in [0.5, 0.6) is 0 Å². The molecule has 0 fully saturated rings. The summed E-state index contributed by atoms with van der Waals surface area (Å²) in [5.74, 6) is -0.246. The predicted molar refractivity (Wildman–Crippen MR) is 68.6 cm³/mol. The summed E-state index contributed by atoms with van der Waals surface area (Å²) in [6.45, 7) is 2.67. The number of halogens is 1. The molecule has 0 aliphatic carbocycles. The zero-order valence-corrected chi connectivity index (χ0v) is 11.1. The smallest absolute Gasteiger partial charge is 0.339 e. The predicted octanol–water partition coefficient (Wildman–Crippen LogP) is 4.19. The Hall–Kier alpha value is -0.830. The minimum absolute atomic E-state index is 0.246. The molecule has 0 aromatic heterocycles. The second-order valence-corrected chi connectivity index (χ2v) is 4.53. The van der Waals surface area contributed by atoms with E-state index in [0.29, 0.717) is 12.2 Å². The SMILES string of the molecule is CCCCCCOC(=O)c1ccccc1Br. The number of hydrogen-bond acceptors (Lipinski definition) is 2. The number of esters is 1. The largest absolute Gasteiger partial charge is 0.462 e. The van der Waals surface area contributed by atoms with Gasteiger partial charge in [0.15, 0.2) is 0 Å². The number of ether oxygens (including phenoxy) is 1. The number of benzene rings is 1. The van der Waals surface area contributed by atoms with Gasteiger partial charge in [-0.05, 0) is 34.5 Å². The summed E-state index contributed by atoms with van der Waals surface area (Å²) in [7, 11) is 0. The normalized spacial score (nSPS) is 10.1. The molecular weight excluding hydrogens is 268 g/mol. The minimum Gasteiger partial charge on any atom is -0.462 e. The fraction of sp³-hybridized carbons (Fsp3) is 0.462. The van der Waals surface area contributed by atoms with Gasteiger partial charge in [-0.3, -0.25) is 0 Å². The van der Waals surface area contributed by atoms with E-state index in [0.717, 1.165) is 17.3 Å². The van der Waals surface area contributed by atoms with E-state index < -0.39 is 0 Å². The zero-order valence-electron chi connectivity index (χ0n) is 9.54. The van der Waals surface area contributed by atoms with Crippen LogP contribution in [0.15, 0.2) is 28.7 Å². The average Bonchev–Trinajstić information content (AvgIpc) is 2.29. The maximum absolute atomic E-state index is 11.6. The van der Waals surface area contributed by atoms with Crippen molar-refractivity contribution in [3.05, 3.63) is 34.3 Å². The lowest BCUT2D eigenvalue weighted by Gasteiger charge is -2.05. The van der Waals surface area contributed by atoms with Crippen molar-refractivity contribution in [2.75, 3.05) is 6.61 Å². The molecule has 0 aliphatic rings. The molecule has 16 heavy (non-hydrogen) atoms. The van der Waals surface area contributed by atoms with Crippen LogP contribution in [0, 0.1) is 0 Å². The number of hydrogen-bond donors (Lipinski definition) is 0. The van der Waals surface area contributed by atoms with E-state index in [1.807, 2.05) is 18.2 Å². The Labute approximate surface area is 105 Å². The van der Waals surface area contributed by atoms with Crippen molar-refractivity contribution < 1.29 is 9.53 Å². The van der Waals surface area contributed by atoms with Crippen LogP contribution >= 0.6 is 15.9 Å². The van der Waals surface area contributed by atoms with Gasteiger partial charge in [-0.2, -0.15) is 0 Å². The first-order chi connectivity index (χ1) is 7.75. The molecule has 0 atom stereocenters. The summed E-state index contributed by atoms with van der Waals surface area (Å²) in [4.78, 5) is 11.6. The van der Waals surface area contributed by atoms with E-state index >= 15 is 0 Å². The van der Waals surface area contributed by atoms with Gasteiger partial charge in [-0.1, -0.05) is 38.3 Å². The lowest BCUT2D eigenvalue weighted by molar-refractivity contribution is 0.0497. The van der Waals surface area contributed by atoms with Gasteiger partial charge in [0.05, 0.1) is 12.2 Å². The van der Waals surface area contributed by atoms with Gasteiger partial charge in [-0.25, -0.2) is 4.79 Å². The van der Waals surface area contributed by atoms with Crippen LogP contribution in [-0.4, -0.2) is 12.6 Å². The Kier molecular flexibility index (Phi) is 6.16. The van der Waals surface area contributed by atoms with Crippen molar-refractivity contribution in [1.82, 2.24) is 0 Å². The number of carbonyl (C=O) groups is 1. The maximum Gasteiger partial charge on any atom is 0.339 e. The lowest BCUT2D eigenvalue weighted by Crippen LogP contribution is -2.07. The van der Waals surface area contributed by atoms with E-state index in [2.05, 4.69) is 22.9 Å². The van der Waals surface area contributed by atoms with Gasteiger partial charge < -0.3 is 4.74 Å². The van der Waals surface area contributed by atoms with Crippen LogP contribution in [0.2, 0.25) is 0 Å². The maximum atomic E-state index is 11.6. The Balaban J connectivity index is 2.33. The molecule has 0 heterocycles. The standard InChI is InChI=1S/C13H17BrO2/c1-2-3-4-7-10-16-13(15)11-8-5-6-9-12(11)14/h5-6,8-9H,2-4,7,10H2,1H3. The van der Waals surface area contributed by atoms with Gasteiger partial charge in [0.2, 0.25) is 0 Å². The topological polar surface area (TPSA) is 26.3 Å². The van der Waals surface area contributed by atoms with E-state index in [1.54, 1.807) is 6.07 Å². The van der Waals surface area contributed by atoms with Crippen LogP contribution in [0.1, 0.15) is 43.0 Å². The van der Waals surface area contributed by atoms with Gasteiger partial charge in [0.25, 0.3) is 0 Å². The molecule has 88 valence electrons. The highest BCUT2D eigenvalue weighted by molar-refractivity contribution is 9.10. The van der Waals surface area contributed by atoms with Gasteiger partial charge in [0.1, 0.15) is 0 Å². The molecule has 0 amide bonds. The summed E-state index contributed by atoms with van der Waals surface area (Å²) in [6, 6.07) is 7.31.